The molecule has 5 rings (SSSR count). The van der Waals surface area contributed by atoms with Crippen molar-refractivity contribution in [3.63, 3.8) is 0 Å². The number of rotatable bonds is 4. The SMILES string of the molecule is O=C(Nc1cc2cccnc2cc1OC1CC[C@H](O)C1)c1csc2cncnc12. The van der Waals surface area contributed by atoms with Crippen LogP contribution in [0.15, 0.2) is 48.4 Å². The Morgan fingerprint density at radius 3 is 3.07 bits per heavy atom. The van der Waals surface area contributed by atoms with Crippen LogP contribution in [-0.2, 0) is 0 Å². The Morgan fingerprint density at radius 1 is 1.28 bits per heavy atom. The molecule has 29 heavy (non-hydrogen) atoms. The maximum atomic E-state index is 13.0. The number of anilines is 1. The number of fused-ring (bicyclic) bond motifs is 2. The summed E-state index contributed by atoms with van der Waals surface area (Å²) in [4.78, 5) is 25.6. The highest BCUT2D eigenvalue weighted by Crippen LogP contribution is 2.34. The van der Waals surface area contributed by atoms with Gasteiger partial charge in [-0.25, -0.2) is 9.97 Å². The van der Waals surface area contributed by atoms with Crippen molar-refractivity contribution in [3.05, 3.63) is 53.9 Å². The third-order valence-electron chi connectivity index (χ3n) is 5.09. The van der Waals surface area contributed by atoms with Crippen LogP contribution in [0.4, 0.5) is 5.69 Å². The average molecular weight is 406 g/mol. The number of hydrogen-bond donors (Lipinski definition) is 2. The number of carbonyl (C=O) groups is 1. The van der Waals surface area contributed by atoms with Crippen LogP contribution in [0.3, 0.4) is 0 Å². The molecule has 3 heterocycles. The van der Waals surface area contributed by atoms with Crippen LogP contribution in [0, 0.1) is 0 Å². The summed E-state index contributed by atoms with van der Waals surface area (Å²) in [6.45, 7) is 0. The Balaban J connectivity index is 1.50. The van der Waals surface area contributed by atoms with Crippen LogP contribution in [0.2, 0.25) is 0 Å². The first-order valence-electron chi connectivity index (χ1n) is 9.39. The first-order chi connectivity index (χ1) is 14.2. The van der Waals surface area contributed by atoms with Crippen LogP contribution in [0.5, 0.6) is 5.75 Å². The molecule has 1 saturated carbocycles. The number of nitrogens with zero attached hydrogens (tertiary/aromatic N) is 3. The Hall–Kier alpha value is -3.10. The fraction of sp³-hybridized carbons (Fsp3) is 0.238. The molecule has 2 atom stereocenters. The van der Waals surface area contributed by atoms with Gasteiger partial charge >= 0.3 is 0 Å². The molecule has 8 heteroatoms. The molecule has 0 spiro atoms. The van der Waals surface area contributed by atoms with Gasteiger partial charge < -0.3 is 15.2 Å². The number of carbonyl (C=O) groups excluding carboxylic acids is 1. The van der Waals surface area contributed by atoms with Crippen LogP contribution in [0.25, 0.3) is 21.1 Å². The second-order valence-corrected chi connectivity index (χ2v) is 8.00. The van der Waals surface area contributed by atoms with Crippen LogP contribution >= 0.6 is 11.3 Å². The van der Waals surface area contributed by atoms with E-state index in [9.17, 15) is 9.90 Å². The number of thiophene rings is 1. The first-order valence-corrected chi connectivity index (χ1v) is 10.3. The zero-order chi connectivity index (χ0) is 19.8. The highest BCUT2D eigenvalue weighted by molar-refractivity contribution is 7.17. The van der Waals surface area contributed by atoms with Gasteiger partial charge in [-0.3, -0.25) is 9.78 Å². The number of aromatic nitrogens is 3. The molecule has 1 aromatic carbocycles. The van der Waals surface area contributed by atoms with Gasteiger partial charge in [0.1, 0.15) is 18.2 Å². The third kappa shape index (κ3) is 3.52. The van der Waals surface area contributed by atoms with E-state index in [0.29, 0.717) is 28.9 Å². The zero-order valence-electron chi connectivity index (χ0n) is 15.4. The van der Waals surface area contributed by atoms with E-state index in [2.05, 4.69) is 20.3 Å². The number of hydrogen-bond acceptors (Lipinski definition) is 7. The standard InChI is InChI=1S/C21H18N4O3S/c26-13-3-4-14(7-13)28-18-8-16-12(2-1-5-23-16)6-17(18)25-21(27)15-10-29-19-9-22-11-24-20(15)19/h1-2,5-6,8-11,13-14,26H,3-4,7H2,(H,25,27)/t13-,14?/m0/s1. The van der Waals surface area contributed by atoms with Crippen molar-refractivity contribution in [1.82, 2.24) is 15.0 Å². The minimum atomic E-state index is -0.339. The van der Waals surface area contributed by atoms with E-state index in [-0.39, 0.29) is 18.1 Å². The molecule has 7 nitrogen and oxygen atoms in total. The predicted molar refractivity (Wildman–Crippen MR) is 111 cm³/mol. The minimum Gasteiger partial charge on any atom is -0.488 e. The normalized spacial score (nSPS) is 18.9. The molecule has 146 valence electrons. The summed E-state index contributed by atoms with van der Waals surface area (Å²) in [6.07, 6.45) is 6.52. The lowest BCUT2D eigenvalue weighted by atomic mass is 10.1. The van der Waals surface area contributed by atoms with Gasteiger partial charge in [0.05, 0.1) is 33.1 Å². The van der Waals surface area contributed by atoms with Gasteiger partial charge in [0, 0.05) is 35.6 Å². The summed E-state index contributed by atoms with van der Waals surface area (Å²) >= 11 is 1.43. The summed E-state index contributed by atoms with van der Waals surface area (Å²) < 4.78 is 7.01. The molecule has 3 aromatic heterocycles. The quantitative estimate of drug-likeness (QED) is 0.535. The van der Waals surface area contributed by atoms with E-state index in [0.717, 1.165) is 28.4 Å². The summed E-state index contributed by atoms with van der Waals surface area (Å²) in [6, 6.07) is 7.49. The summed E-state index contributed by atoms with van der Waals surface area (Å²) in [5.74, 6) is 0.298. The van der Waals surface area contributed by atoms with Crippen LogP contribution in [0.1, 0.15) is 29.6 Å². The minimum absolute atomic E-state index is 0.0865. The monoisotopic (exact) mass is 406 g/mol. The fourth-order valence-corrected chi connectivity index (χ4v) is 4.49. The maximum Gasteiger partial charge on any atom is 0.258 e. The Kier molecular flexibility index (Phi) is 4.57. The predicted octanol–water partition coefficient (Wildman–Crippen LogP) is 3.78. The van der Waals surface area contributed by atoms with E-state index in [4.69, 9.17) is 4.74 Å². The summed E-state index contributed by atoms with van der Waals surface area (Å²) in [5, 5.41) is 15.5. The highest BCUT2D eigenvalue weighted by atomic mass is 32.1. The lowest BCUT2D eigenvalue weighted by Gasteiger charge is -2.18. The van der Waals surface area contributed by atoms with Gasteiger partial charge in [0.2, 0.25) is 0 Å². The molecule has 2 N–H and O–H groups in total. The molecule has 1 aliphatic carbocycles. The van der Waals surface area contributed by atoms with E-state index >= 15 is 0 Å². The summed E-state index contributed by atoms with van der Waals surface area (Å²) in [5.41, 5.74) is 2.49. The van der Waals surface area contributed by atoms with E-state index in [1.165, 1.54) is 17.7 Å². The molecule has 4 aromatic rings. The number of benzene rings is 1. The topological polar surface area (TPSA) is 97.2 Å². The number of nitrogens with one attached hydrogen (secondary N) is 1. The first kappa shape index (κ1) is 18.0. The lowest BCUT2D eigenvalue weighted by Crippen LogP contribution is -2.17. The Labute approximate surface area is 170 Å². The largest absolute Gasteiger partial charge is 0.488 e. The second kappa shape index (κ2) is 7.38. The van der Waals surface area contributed by atoms with Gasteiger partial charge in [0.25, 0.3) is 5.91 Å². The molecule has 1 aliphatic rings. The number of amides is 1. The number of pyridine rings is 1. The summed E-state index contributed by atoms with van der Waals surface area (Å²) in [7, 11) is 0. The Bertz CT molecular complexity index is 1210. The van der Waals surface area contributed by atoms with E-state index in [1.807, 2.05) is 24.3 Å². The number of aliphatic hydroxyl groups excluding tert-OH is 1. The molecule has 1 fully saturated rings. The van der Waals surface area contributed by atoms with Gasteiger partial charge in [-0.2, -0.15) is 0 Å². The van der Waals surface area contributed by atoms with Crippen molar-refractivity contribution < 1.29 is 14.6 Å². The zero-order valence-corrected chi connectivity index (χ0v) is 16.2. The fourth-order valence-electron chi connectivity index (χ4n) is 3.63. The van der Waals surface area contributed by atoms with Gasteiger partial charge in [-0.1, -0.05) is 6.07 Å². The molecule has 0 aliphatic heterocycles. The molecule has 0 radical (unpaired) electrons. The van der Waals surface area contributed by atoms with Crippen molar-refractivity contribution in [2.75, 3.05) is 5.32 Å². The molecule has 1 unspecified atom stereocenters. The average Bonchev–Trinajstić information content (AvgIpc) is 3.34. The van der Waals surface area contributed by atoms with Gasteiger partial charge in [-0.05, 0) is 25.0 Å². The van der Waals surface area contributed by atoms with Crippen molar-refractivity contribution in [3.8, 4) is 5.75 Å². The third-order valence-corrected chi connectivity index (χ3v) is 5.99. The van der Waals surface area contributed by atoms with E-state index in [1.54, 1.807) is 17.8 Å². The smallest absolute Gasteiger partial charge is 0.258 e. The molecule has 1 amide bonds. The van der Waals surface area contributed by atoms with Gasteiger partial charge in [-0.15, -0.1) is 11.3 Å². The molecular weight excluding hydrogens is 388 g/mol. The van der Waals surface area contributed by atoms with Crippen LogP contribution in [-0.4, -0.2) is 38.2 Å². The molecule has 0 bridgehead atoms. The van der Waals surface area contributed by atoms with Crippen molar-refractivity contribution in [2.45, 2.75) is 31.5 Å². The number of ether oxygens (including phenoxy) is 1. The van der Waals surface area contributed by atoms with Gasteiger partial charge in [0.15, 0.2) is 0 Å². The maximum absolute atomic E-state index is 13.0. The Morgan fingerprint density at radius 2 is 2.21 bits per heavy atom. The van der Waals surface area contributed by atoms with Crippen molar-refractivity contribution >= 4 is 44.1 Å². The lowest BCUT2D eigenvalue weighted by molar-refractivity contribution is 0.102. The van der Waals surface area contributed by atoms with Crippen LogP contribution < -0.4 is 10.1 Å². The molecular formula is C21H18N4O3S. The second-order valence-electron chi connectivity index (χ2n) is 7.09. The number of aliphatic hydroxyl groups is 1. The van der Waals surface area contributed by atoms with Crippen molar-refractivity contribution in [2.24, 2.45) is 0 Å². The highest BCUT2D eigenvalue weighted by Gasteiger charge is 2.26. The van der Waals surface area contributed by atoms with E-state index < -0.39 is 0 Å². The van der Waals surface area contributed by atoms with Crippen molar-refractivity contribution in [1.29, 1.82) is 0 Å². The molecule has 0 saturated heterocycles.